The van der Waals surface area contributed by atoms with Crippen molar-refractivity contribution in [1.29, 1.82) is 0 Å². The average Bonchev–Trinajstić information content (AvgIpc) is 3.05. The predicted molar refractivity (Wildman–Crippen MR) is 113 cm³/mol. The van der Waals surface area contributed by atoms with Gasteiger partial charge in [-0.3, -0.25) is 14.3 Å². The number of anilines is 1. The van der Waals surface area contributed by atoms with Crippen LogP contribution in [0.3, 0.4) is 0 Å². The van der Waals surface area contributed by atoms with E-state index in [9.17, 15) is 4.79 Å². The molecule has 2 aliphatic rings. The first-order chi connectivity index (χ1) is 13.6. The van der Waals surface area contributed by atoms with E-state index in [2.05, 4.69) is 52.9 Å². The smallest absolute Gasteiger partial charge is 0.254 e. The maximum atomic E-state index is 12.8. The minimum absolute atomic E-state index is 0.0289. The topological polar surface area (TPSA) is 41.4 Å². The van der Waals surface area contributed by atoms with Crippen molar-refractivity contribution >= 4 is 16.7 Å². The van der Waals surface area contributed by atoms with Crippen LogP contribution in [0.5, 0.6) is 0 Å². The lowest BCUT2D eigenvalue weighted by Gasteiger charge is -2.43. The lowest BCUT2D eigenvalue weighted by atomic mass is 9.99. The van der Waals surface area contributed by atoms with E-state index < -0.39 is 0 Å². The molecule has 4 heterocycles. The molecule has 5 heteroatoms. The first-order valence-corrected chi connectivity index (χ1v) is 10.2. The standard InChI is InChI=1S/C23H26N4O/c1-4-26-22(28)11-20(19-6-5-9-24-23(19)26)25-12-16(3)27-13-17-10-15(2)7-8-18(17)21(27)14-25/h5-11,16,21H,4,12-14H2,1-3H3. The quantitative estimate of drug-likeness (QED) is 0.689. The van der Waals surface area contributed by atoms with Crippen molar-refractivity contribution in [2.75, 3.05) is 18.0 Å². The van der Waals surface area contributed by atoms with E-state index in [-0.39, 0.29) is 5.56 Å². The van der Waals surface area contributed by atoms with Crippen LogP contribution in [0.25, 0.3) is 11.0 Å². The van der Waals surface area contributed by atoms with Crippen LogP contribution in [0.15, 0.2) is 47.4 Å². The van der Waals surface area contributed by atoms with Crippen molar-refractivity contribution in [1.82, 2.24) is 14.5 Å². The molecular formula is C23H26N4O. The zero-order chi connectivity index (χ0) is 19.4. The molecule has 3 aromatic rings. The van der Waals surface area contributed by atoms with Gasteiger partial charge in [0.25, 0.3) is 5.56 Å². The van der Waals surface area contributed by atoms with Gasteiger partial charge in [0.05, 0.1) is 11.7 Å². The molecule has 0 aliphatic carbocycles. The van der Waals surface area contributed by atoms with E-state index in [1.165, 1.54) is 16.7 Å². The Bertz CT molecular complexity index is 1120. The molecule has 0 N–H and O–H groups in total. The second-order valence-corrected chi connectivity index (χ2v) is 8.13. The second kappa shape index (κ2) is 6.45. The molecule has 2 aliphatic heterocycles. The molecule has 2 aromatic heterocycles. The number of piperazine rings is 1. The van der Waals surface area contributed by atoms with Crippen LogP contribution in [0.4, 0.5) is 5.69 Å². The van der Waals surface area contributed by atoms with E-state index in [0.717, 1.165) is 36.4 Å². The van der Waals surface area contributed by atoms with Crippen molar-refractivity contribution in [3.05, 3.63) is 69.6 Å². The Labute approximate surface area is 165 Å². The maximum absolute atomic E-state index is 12.8. The van der Waals surface area contributed by atoms with Crippen LogP contribution in [-0.2, 0) is 13.1 Å². The summed E-state index contributed by atoms with van der Waals surface area (Å²) < 4.78 is 1.76. The lowest BCUT2D eigenvalue weighted by molar-refractivity contribution is 0.134. The summed E-state index contributed by atoms with van der Waals surface area (Å²) in [5.41, 5.74) is 6.04. The van der Waals surface area contributed by atoms with Crippen LogP contribution in [0, 0.1) is 6.92 Å². The van der Waals surface area contributed by atoms with Gasteiger partial charge in [-0.05, 0) is 44.0 Å². The molecule has 2 atom stereocenters. The normalized spacial score (nSPS) is 21.8. The monoisotopic (exact) mass is 374 g/mol. The Morgan fingerprint density at radius 1 is 1.18 bits per heavy atom. The zero-order valence-electron chi connectivity index (χ0n) is 16.7. The number of aryl methyl sites for hydroxylation is 2. The molecule has 1 aromatic carbocycles. The molecule has 0 saturated carbocycles. The molecular weight excluding hydrogens is 348 g/mol. The van der Waals surface area contributed by atoms with Gasteiger partial charge in [-0.25, -0.2) is 4.98 Å². The average molecular weight is 374 g/mol. The largest absolute Gasteiger partial charge is 0.367 e. The first-order valence-electron chi connectivity index (χ1n) is 10.2. The fraction of sp³-hybridized carbons (Fsp3) is 0.391. The zero-order valence-corrected chi connectivity index (χ0v) is 16.7. The van der Waals surface area contributed by atoms with Crippen molar-refractivity contribution in [3.63, 3.8) is 0 Å². The number of nitrogens with zero attached hydrogens (tertiary/aromatic N) is 4. The van der Waals surface area contributed by atoms with Gasteiger partial charge in [0.1, 0.15) is 5.65 Å². The van der Waals surface area contributed by atoms with Gasteiger partial charge in [0.2, 0.25) is 0 Å². The lowest BCUT2D eigenvalue weighted by Crippen LogP contribution is -2.51. The van der Waals surface area contributed by atoms with Gasteiger partial charge in [0, 0.05) is 49.9 Å². The van der Waals surface area contributed by atoms with Crippen molar-refractivity contribution in [3.8, 4) is 0 Å². The highest BCUT2D eigenvalue weighted by molar-refractivity contribution is 5.89. The van der Waals surface area contributed by atoms with Crippen molar-refractivity contribution < 1.29 is 0 Å². The highest BCUT2D eigenvalue weighted by Crippen LogP contribution is 2.40. The van der Waals surface area contributed by atoms with E-state index in [4.69, 9.17) is 0 Å². The Morgan fingerprint density at radius 2 is 2.04 bits per heavy atom. The third-order valence-corrected chi connectivity index (χ3v) is 6.36. The molecule has 144 valence electrons. The fourth-order valence-corrected chi connectivity index (χ4v) is 5.01. The Hall–Kier alpha value is -2.66. The van der Waals surface area contributed by atoms with Crippen molar-refractivity contribution in [2.45, 2.75) is 45.9 Å². The Kier molecular flexibility index (Phi) is 4.02. The highest BCUT2D eigenvalue weighted by atomic mass is 16.1. The van der Waals surface area contributed by atoms with Gasteiger partial charge in [-0.15, -0.1) is 0 Å². The summed E-state index contributed by atoms with van der Waals surface area (Å²) in [6.07, 6.45) is 1.77. The number of hydrogen-bond acceptors (Lipinski definition) is 4. The molecule has 28 heavy (non-hydrogen) atoms. The maximum Gasteiger partial charge on any atom is 0.254 e. The van der Waals surface area contributed by atoms with E-state index >= 15 is 0 Å². The van der Waals surface area contributed by atoms with Gasteiger partial charge in [-0.2, -0.15) is 0 Å². The molecule has 1 fully saturated rings. The van der Waals surface area contributed by atoms with E-state index in [0.29, 0.717) is 18.6 Å². The second-order valence-electron chi connectivity index (χ2n) is 8.13. The molecule has 5 rings (SSSR count). The van der Waals surface area contributed by atoms with Crippen LogP contribution >= 0.6 is 0 Å². The van der Waals surface area contributed by atoms with Gasteiger partial charge >= 0.3 is 0 Å². The summed E-state index contributed by atoms with van der Waals surface area (Å²) in [4.78, 5) is 22.3. The van der Waals surface area contributed by atoms with Gasteiger partial charge < -0.3 is 4.90 Å². The summed E-state index contributed by atoms with van der Waals surface area (Å²) in [6, 6.07) is 13.5. The van der Waals surface area contributed by atoms with E-state index in [1.54, 1.807) is 16.8 Å². The SMILES string of the molecule is CCn1c(=O)cc(N2CC(C)N3Cc4cc(C)ccc4C3C2)c2cccnc21. The van der Waals surface area contributed by atoms with Crippen LogP contribution < -0.4 is 10.5 Å². The predicted octanol–water partition coefficient (Wildman–Crippen LogP) is 3.49. The Balaban J connectivity index is 1.60. The van der Waals surface area contributed by atoms with E-state index in [1.807, 2.05) is 13.0 Å². The number of pyridine rings is 2. The van der Waals surface area contributed by atoms with Gasteiger partial charge in [-0.1, -0.05) is 23.8 Å². The highest BCUT2D eigenvalue weighted by Gasteiger charge is 2.39. The summed E-state index contributed by atoms with van der Waals surface area (Å²) in [6.45, 7) is 9.93. The third kappa shape index (κ3) is 2.57. The first kappa shape index (κ1) is 17.4. The molecule has 5 nitrogen and oxygen atoms in total. The molecule has 0 bridgehead atoms. The molecule has 0 amide bonds. The summed E-state index contributed by atoms with van der Waals surface area (Å²) in [7, 11) is 0. The summed E-state index contributed by atoms with van der Waals surface area (Å²) >= 11 is 0. The molecule has 0 spiro atoms. The molecule has 1 saturated heterocycles. The minimum Gasteiger partial charge on any atom is -0.367 e. The number of fused-ring (bicyclic) bond motifs is 4. The number of rotatable bonds is 2. The molecule has 2 unspecified atom stereocenters. The number of aromatic nitrogens is 2. The van der Waals surface area contributed by atoms with Crippen LogP contribution in [-0.4, -0.2) is 33.6 Å². The number of benzene rings is 1. The summed E-state index contributed by atoms with van der Waals surface area (Å²) in [5.74, 6) is 0. The van der Waals surface area contributed by atoms with Gasteiger partial charge in [0.15, 0.2) is 0 Å². The van der Waals surface area contributed by atoms with Crippen LogP contribution in [0.1, 0.15) is 36.6 Å². The van der Waals surface area contributed by atoms with Crippen molar-refractivity contribution in [2.24, 2.45) is 0 Å². The molecule has 0 radical (unpaired) electrons. The summed E-state index contributed by atoms with van der Waals surface area (Å²) in [5, 5.41) is 1.06. The minimum atomic E-state index is 0.0289. The third-order valence-electron chi connectivity index (χ3n) is 6.36. The Morgan fingerprint density at radius 3 is 2.86 bits per heavy atom. The number of hydrogen-bond donors (Lipinski definition) is 0. The fourth-order valence-electron chi connectivity index (χ4n) is 5.01. The van der Waals surface area contributed by atoms with Crippen LogP contribution in [0.2, 0.25) is 0 Å².